The van der Waals surface area contributed by atoms with Gasteiger partial charge in [0.15, 0.2) is 0 Å². The Hall–Kier alpha value is -2.30. The summed E-state index contributed by atoms with van der Waals surface area (Å²) in [5.74, 6) is 0. The first-order chi connectivity index (χ1) is 12.2. The predicted octanol–water partition coefficient (Wildman–Crippen LogP) is 6.78. The Morgan fingerprint density at radius 1 is 0.960 bits per heavy atom. The molecule has 0 bridgehead atoms. The maximum absolute atomic E-state index is 4.75. The van der Waals surface area contributed by atoms with Crippen molar-refractivity contribution in [3.05, 3.63) is 82.3 Å². The molecule has 25 heavy (non-hydrogen) atoms. The van der Waals surface area contributed by atoms with Crippen LogP contribution in [-0.2, 0) is 0 Å². The van der Waals surface area contributed by atoms with E-state index in [1.54, 1.807) is 11.3 Å². The van der Waals surface area contributed by atoms with Gasteiger partial charge in [0.1, 0.15) is 5.01 Å². The Bertz CT molecular complexity index is 1050. The molecule has 3 aromatic carbocycles. The highest BCUT2D eigenvalue weighted by molar-refractivity contribution is 9.10. The number of rotatable bonds is 3. The number of aliphatic imine (C=N–C) groups is 1. The number of hydrogen-bond donors (Lipinski definition) is 0. The second-order valence-corrected chi connectivity index (χ2v) is 7.79. The van der Waals surface area contributed by atoms with Gasteiger partial charge in [0.05, 0.1) is 15.9 Å². The lowest BCUT2D eigenvalue weighted by Gasteiger charge is -1.98. The largest absolute Gasteiger partial charge is 0.256 e. The van der Waals surface area contributed by atoms with Crippen LogP contribution in [-0.4, -0.2) is 11.2 Å². The average molecular weight is 407 g/mol. The predicted molar refractivity (Wildman–Crippen MR) is 111 cm³/mol. The Balaban J connectivity index is 1.57. The van der Waals surface area contributed by atoms with Crippen molar-refractivity contribution in [1.29, 1.82) is 0 Å². The quantitative estimate of drug-likeness (QED) is 0.344. The van der Waals surface area contributed by atoms with E-state index in [0.717, 1.165) is 31.8 Å². The highest BCUT2D eigenvalue weighted by Gasteiger charge is 2.06. The molecule has 0 N–H and O–H groups in total. The van der Waals surface area contributed by atoms with E-state index in [4.69, 9.17) is 4.98 Å². The molecular formula is C21H15BrN2S. The lowest BCUT2D eigenvalue weighted by atomic mass is 10.2. The van der Waals surface area contributed by atoms with E-state index in [2.05, 4.69) is 58.2 Å². The van der Waals surface area contributed by atoms with Gasteiger partial charge in [-0.05, 0) is 66.6 Å². The average Bonchev–Trinajstić information content (AvgIpc) is 3.05. The van der Waals surface area contributed by atoms with E-state index < -0.39 is 0 Å². The first kappa shape index (κ1) is 16.2. The maximum atomic E-state index is 4.75. The third kappa shape index (κ3) is 3.70. The van der Waals surface area contributed by atoms with Crippen LogP contribution in [0.5, 0.6) is 0 Å². The van der Waals surface area contributed by atoms with Crippen molar-refractivity contribution in [3.8, 4) is 10.6 Å². The number of halogens is 1. The fraction of sp³-hybridized carbons (Fsp3) is 0.0476. The minimum absolute atomic E-state index is 0.934. The number of aromatic nitrogens is 1. The summed E-state index contributed by atoms with van der Waals surface area (Å²) in [5.41, 5.74) is 5.44. The van der Waals surface area contributed by atoms with Crippen molar-refractivity contribution in [2.24, 2.45) is 4.99 Å². The number of benzene rings is 3. The van der Waals surface area contributed by atoms with Crippen LogP contribution < -0.4 is 0 Å². The number of aryl methyl sites for hydroxylation is 1. The molecule has 0 aliphatic heterocycles. The summed E-state index contributed by atoms with van der Waals surface area (Å²) in [6.07, 6.45) is 1.88. The van der Waals surface area contributed by atoms with Crippen molar-refractivity contribution in [3.63, 3.8) is 0 Å². The molecule has 0 spiro atoms. The van der Waals surface area contributed by atoms with Crippen LogP contribution in [0.3, 0.4) is 0 Å². The number of fused-ring (bicyclic) bond motifs is 1. The Morgan fingerprint density at radius 2 is 1.72 bits per heavy atom. The molecule has 4 rings (SSSR count). The number of thiazole rings is 1. The SMILES string of the molecule is Cc1ccc2sc(-c3ccc(N=Cc4ccc(Br)cc4)cc3)nc2c1. The second kappa shape index (κ2) is 6.90. The zero-order valence-electron chi connectivity index (χ0n) is 13.6. The van der Waals surface area contributed by atoms with E-state index in [1.165, 1.54) is 10.3 Å². The molecular weight excluding hydrogens is 392 g/mol. The van der Waals surface area contributed by atoms with Crippen LogP contribution in [0.4, 0.5) is 5.69 Å². The van der Waals surface area contributed by atoms with Crippen molar-refractivity contribution in [2.45, 2.75) is 6.92 Å². The van der Waals surface area contributed by atoms with Crippen LogP contribution in [0.15, 0.2) is 76.2 Å². The molecule has 122 valence electrons. The smallest absolute Gasteiger partial charge is 0.124 e. The van der Waals surface area contributed by atoms with E-state index in [-0.39, 0.29) is 0 Å². The summed E-state index contributed by atoms with van der Waals surface area (Å²) >= 11 is 5.16. The molecule has 0 aliphatic rings. The molecule has 0 atom stereocenters. The van der Waals surface area contributed by atoms with Gasteiger partial charge in [-0.25, -0.2) is 4.98 Å². The van der Waals surface area contributed by atoms with Gasteiger partial charge in [0, 0.05) is 16.3 Å². The van der Waals surface area contributed by atoms with Gasteiger partial charge in [0.2, 0.25) is 0 Å². The van der Waals surface area contributed by atoms with Crippen LogP contribution in [0.1, 0.15) is 11.1 Å². The monoisotopic (exact) mass is 406 g/mol. The van der Waals surface area contributed by atoms with Crippen LogP contribution >= 0.6 is 27.3 Å². The minimum atomic E-state index is 0.934. The maximum Gasteiger partial charge on any atom is 0.124 e. The minimum Gasteiger partial charge on any atom is -0.256 e. The summed E-state index contributed by atoms with van der Waals surface area (Å²) in [4.78, 5) is 9.29. The Kier molecular flexibility index (Phi) is 4.47. The van der Waals surface area contributed by atoms with Gasteiger partial charge >= 0.3 is 0 Å². The molecule has 0 aliphatic carbocycles. The van der Waals surface area contributed by atoms with Gasteiger partial charge in [-0.15, -0.1) is 11.3 Å². The normalized spacial score (nSPS) is 11.4. The standard InChI is InChI=1S/C21H15BrN2S/c1-14-2-11-20-19(12-14)24-21(25-20)16-5-9-18(10-6-16)23-13-15-3-7-17(22)8-4-15/h2-13H,1H3. The summed E-state index contributed by atoms with van der Waals surface area (Å²) in [7, 11) is 0. The lowest BCUT2D eigenvalue weighted by Crippen LogP contribution is -1.79. The second-order valence-electron chi connectivity index (χ2n) is 5.85. The van der Waals surface area contributed by atoms with Crippen molar-refractivity contribution in [2.75, 3.05) is 0 Å². The number of hydrogen-bond acceptors (Lipinski definition) is 3. The molecule has 0 unspecified atom stereocenters. The molecule has 4 heteroatoms. The van der Waals surface area contributed by atoms with Crippen LogP contribution in [0.25, 0.3) is 20.8 Å². The van der Waals surface area contributed by atoms with Crippen molar-refractivity contribution in [1.82, 2.24) is 4.98 Å². The molecule has 0 amide bonds. The summed E-state index contributed by atoms with van der Waals surface area (Å²) in [6.45, 7) is 2.09. The summed E-state index contributed by atoms with van der Waals surface area (Å²) in [6, 6.07) is 22.7. The number of nitrogens with zero attached hydrogens (tertiary/aromatic N) is 2. The highest BCUT2D eigenvalue weighted by atomic mass is 79.9. The fourth-order valence-electron chi connectivity index (χ4n) is 2.55. The Morgan fingerprint density at radius 3 is 2.48 bits per heavy atom. The molecule has 0 radical (unpaired) electrons. The van der Waals surface area contributed by atoms with Crippen molar-refractivity contribution >= 4 is 49.4 Å². The first-order valence-corrected chi connectivity index (χ1v) is 9.56. The molecule has 1 aromatic heterocycles. The van der Waals surface area contributed by atoms with E-state index in [0.29, 0.717) is 0 Å². The third-order valence-electron chi connectivity index (χ3n) is 3.89. The highest BCUT2D eigenvalue weighted by Crippen LogP contribution is 2.31. The Labute approximate surface area is 159 Å². The van der Waals surface area contributed by atoms with E-state index in [9.17, 15) is 0 Å². The fourth-order valence-corrected chi connectivity index (χ4v) is 3.76. The first-order valence-electron chi connectivity index (χ1n) is 7.95. The van der Waals surface area contributed by atoms with Gasteiger partial charge in [-0.1, -0.05) is 34.1 Å². The van der Waals surface area contributed by atoms with Crippen molar-refractivity contribution < 1.29 is 0 Å². The molecule has 0 fully saturated rings. The molecule has 1 heterocycles. The van der Waals surface area contributed by atoms with Gasteiger partial charge in [-0.2, -0.15) is 0 Å². The van der Waals surface area contributed by atoms with E-state index in [1.807, 2.05) is 42.6 Å². The van der Waals surface area contributed by atoms with Gasteiger partial charge in [0.25, 0.3) is 0 Å². The summed E-state index contributed by atoms with van der Waals surface area (Å²) < 4.78 is 2.29. The topological polar surface area (TPSA) is 25.2 Å². The van der Waals surface area contributed by atoms with Gasteiger partial charge in [-0.3, -0.25) is 4.99 Å². The third-order valence-corrected chi connectivity index (χ3v) is 5.50. The molecule has 0 saturated heterocycles. The molecule has 0 saturated carbocycles. The lowest BCUT2D eigenvalue weighted by molar-refractivity contribution is 1.43. The zero-order chi connectivity index (χ0) is 17.2. The summed E-state index contributed by atoms with van der Waals surface area (Å²) in [5, 5.41) is 1.05. The van der Waals surface area contributed by atoms with E-state index >= 15 is 0 Å². The molecule has 2 nitrogen and oxygen atoms in total. The van der Waals surface area contributed by atoms with Crippen LogP contribution in [0.2, 0.25) is 0 Å². The van der Waals surface area contributed by atoms with Crippen LogP contribution in [0, 0.1) is 6.92 Å². The van der Waals surface area contributed by atoms with Gasteiger partial charge < -0.3 is 0 Å². The molecule has 4 aromatic rings. The zero-order valence-corrected chi connectivity index (χ0v) is 16.0.